The maximum absolute atomic E-state index is 11.7. The second-order valence-corrected chi connectivity index (χ2v) is 2.83. The first-order valence-electron chi connectivity index (χ1n) is 2.86. The summed E-state index contributed by atoms with van der Waals surface area (Å²) >= 11 is 3.05. The average molecular weight is 226 g/mol. The lowest BCUT2D eigenvalue weighted by Gasteiger charge is -1.96. The molecule has 0 saturated carbocycles. The van der Waals surface area contributed by atoms with Crippen LogP contribution >= 0.6 is 15.9 Å². The first-order valence-corrected chi connectivity index (χ1v) is 3.65. The molecule has 62 valence electrons. The molecule has 2 N–H and O–H groups in total. The van der Waals surface area contributed by atoms with E-state index >= 15 is 0 Å². The Bertz CT molecular complexity index is 228. The highest BCUT2D eigenvalue weighted by molar-refractivity contribution is 9.10. The topological polar surface area (TPSA) is 43.8 Å². The molecule has 1 aromatic rings. The van der Waals surface area contributed by atoms with Gasteiger partial charge in [-0.15, -0.1) is 0 Å². The van der Waals surface area contributed by atoms with E-state index in [1.807, 2.05) is 0 Å². The van der Waals surface area contributed by atoms with E-state index in [0.717, 1.165) is 4.68 Å². The Morgan fingerprint density at radius 2 is 2.36 bits per heavy atom. The Hall–Kier alpha value is -0.650. The van der Waals surface area contributed by atoms with Gasteiger partial charge in [0.25, 0.3) is 6.43 Å². The molecule has 1 rings (SSSR count). The molecule has 0 atom stereocenters. The minimum absolute atomic E-state index is 0.227. The molecule has 6 heteroatoms. The summed E-state index contributed by atoms with van der Waals surface area (Å²) in [6.45, 7) is -0.421. The van der Waals surface area contributed by atoms with Gasteiger partial charge in [-0.1, -0.05) is 0 Å². The van der Waals surface area contributed by atoms with Crippen molar-refractivity contribution in [2.24, 2.45) is 0 Å². The number of alkyl halides is 2. The summed E-state index contributed by atoms with van der Waals surface area (Å²) in [7, 11) is 0. The van der Waals surface area contributed by atoms with Crippen molar-refractivity contribution in [1.82, 2.24) is 9.78 Å². The van der Waals surface area contributed by atoms with Crippen LogP contribution in [0.15, 0.2) is 10.7 Å². The fraction of sp³-hybridized carbons (Fsp3) is 0.400. The average Bonchev–Trinajstić information content (AvgIpc) is 2.10. The van der Waals surface area contributed by atoms with Crippen molar-refractivity contribution in [2.45, 2.75) is 13.0 Å². The van der Waals surface area contributed by atoms with Crippen LogP contribution in [0.25, 0.3) is 0 Å². The number of nitrogen functional groups attached to an aromatic ring is 1. The third-order valence-electron chi connectivity index (χ3n) is 1.07. The molecule has 3 nitrogen and oxygen atoms in total. The minimum atomic E-state index is -2.40. The molecular formula is C5H6BrF2N3. The van der Waals surface area contributed by atoms with Crippen LogP contribution in [0.2, 0.25) is 0 Å². The predicted molar refractivity (Wildman–Crippen MR) is 40.3 cm³/mol. The summed E-state index contributed by atoms with van der Waals surface area (Å²) in [5.74, 6) is 0.227. The van der Waals surface area contributed by atoms with E-state index in [-0.39, 0.29) is 5.82 Å². The van der Waals surface area contributed by atoms with Crippen LogP contribution in [0.3, 0.4) is 0 Å². The van der Waals surface area contributed by atoms with Crippen molar-refractivity contribution in [3.8, 4) is 0 Å². The molecule has 1 aromatic heterocycles. The van der Waals surface area contributed by atoms with Crippen molar-refractivity contribution in [3.05, 3.63) is 10.7 Å². The lowest BCUT2D eigenvalue weighted by molar-refractivity contribution is 0.122. The van der Waals surface area contributed by atoms with Gasteiger partial charge < -0.3 is 5.73 Å². The molecule has 1 heterocycles. The van der Waals surface area contributed by atoms with Crippen molar-refractivity contribution in [1.29, 1.82) is 0 Å². The Kier molecular flexibility index (Phi) is 2.43. The molecule has 0 aliphatic rings. The van der Waals surface area contributed by atoms with Crippen molar-refractivity contribution >= 4 is 21.7 Å². The normalized spacial score (nSPS) is 10.9. The number of rotatable bonds is 2. The first-order chi connectivity index (χ1) is 5.09. The van der Waals surface area contributed by atoms with E-state index in [1.165, 1.54) is 6.20 Å². The zero-order valence-electron chi connectivity index (χ0n) is 5.47. The second-order valence-electron chi connectivity index (χ2n) is 1.98. The van der Waals surface area contributed by atoms with E-state index in [4.69, 9.17) is 5.73 Å². The highest BCUT2D eigenvalue weighted by atomic mass is 79.9. The molecular weight excluding hydrogens is 220 g/mol. The van der Waals surface area contributed by atoms with Gasteiger partial charge in [-0.05, 0) is 15.9 Å². The van der Waals surface area contributed by atoms with E-state index in [9.17, 15) is 8.78 Å². The van der Waals surface area contributed by atoms with Gasteiger partial charge in [0.15, 0.2) is 5.82 Å². The smallest absolute Gasteiger partial charge is 0.257 e. The molecule has 0 fully saturated rings. The number of hydrogen-bond donors (Lipinski definition) is 1. The van der Waals surface area contributed by atoms with E-state index in [0.29, 0.717) is 4.47 Å². The quantitative estimate of drug-likeness (QED) is 0.830. The van der Waals surface area contributed by atoms with Crippen LogP contribution < -0.4 is 5.73 Å². The van der Waals surface area contributed by atoms with Crippen LogP contribution in [-0.2, 0) is 6.54 Å². The number of aromatic nitrogens is 2. The Balaban J connectivity index is 2.73. The molecule has 0 unspecified atom stereocenters. The van der Waals surface area contributed by atoms with Crippen LogP contribution in [0, 0.1) is 0 Å². The molecule has 11 heavy (non-hydrogen) atoms. The molecule has 0 spiro atoms. The van der Waals surface area contributed by atoms with Gasteiger partial charge in [0.05, 0.1) is 4.47 Å². The lowest BCUT2D eigenvalue weighted by Crippen LogP contribution is -2.07. The molecule has 0 saturated heterocycles. The number of nitrogens with two attached hydrogens (primary N) is 1. The fourth-order valence-electron chi connectivity index (χ4n) is 0.647. The van der Waals surface area contributed by atoms with Gasteiger partial charge in [-0.3, -0.25) is 4.68 Å². The summed E-state index contributed by atoms with van der Waals surface area (Å²) in [5.41, 5.74) is 5.29. The van der Waals surface area contributed by atoms with Gasteiger partial charge in [-0.25, -0.2) is 8.78 Å². The zero-order valence-corrected chi connectivity index (χ0v) is 7.05. The van der Waals surface area contributed by atoms with Crippen molar-refractivity contribution in [2.75, 3.05) is 5.73 Å². The summed E-state index contributed by atoms with van der Waals surface area (Å²) < 4.78 is 25.1. The van der Waals surface area contributed by atoms with Crippen LogP contribution in [0.5, 0.6) is 0 Å². The molecule has 0 bridgehead atoms. The highest BCUT2D eigenvalue weighted by Crippen LogP contribution is 2.16. The van der Waals surface area contributed by atoms with Crippen LogP contribution in [-0.4, -0.2) is 16.2 Å². The molecule has 0 aliphatic carbocycles. The van der Waals surface area contributed by atoms with Gasteiger partial charge in [-0.2, -0.15) is 5.10 Å². The maximum atomic E-state index is 11.7. The van der Waals surface area contributed by atoms with Gasteiger partial charge in [0, 0.05) is 6.20 Å². The summed E-state index contributed by atoms with van der Waals surface area (Å²) in [4.78, 5) is 0. The predicted octanol–water partition coefficient (Wildman–Crippen LogP) is 1.49. The largest absolute Gasteiger partial charge is 0.381 e. The Morgan fingerprint density at radius 3 is 2.73 bits per heavy atom. The van der Waals surface area contributed by atoms with Gasteiger partial charge in [0.1, 0.15) is 6.54 Å². The highest BCUT2D eigenvalue weighted by Gasteiger charge is 2.07. The zero-order chi connectivity index (χ0) is 8.43. The minimum Gasteiger partial charge on any atom is -0.381 e. The Labute approximate surface area is 70.3 Å². The SMILES string of the molecule is Nc1nn(CC(F)F)cc1Br. The van der Waals surface area contributed by atoms with E-state index in [1.54, 1.807) is 0 Å². The van der Waals surface area contributed by atoms with E-state index < -0.39 is 13.0 Å². The van der Waals surface area contributed by atoms with Gasteiger partial charge in [0.2, 0.25) is 0 Å². The third kappa shape index (κ3) is 2.14. The summed E-state index contributed by atoms with van der Waals surface area (Å²) in [5, 5.41) is 3.62. The maximum Gasteiger partial charge on any atom is 0.257 e. The molecule has 0 radical (unpaired) electrons. The summed E-state index contributed by atoms with van der Waals surface area (Å²) in [6.07, 6.45) is -0.984. The third-order valence-corrected chi connectivity index (χ3v) is 1.68. The van der Waals surface area contributed by atoms with Crippen molar-refractivity contribution in [3.63, 3.8) is 0 Å². The first kappa shape index (κ1) is 8.45. The summed E-state index contributed by atoms with van der Waals surface area (Å²) in [6, 6.07) is 0. The standard InChI is InChI=1S/C5H6BrF2N3/c6-3-1-11(2-4(7)8)10-5(3)9/h1,4H,2H2,(H2,9,10). The number of hydrogen-bond acceptors (Lipinski definition) is 2. The van der Waals surface area contributed by atoms with E-state index in [2.05, 4.69) is 21.0 Å². The number of nitrogens with zero attached hydrogens (tertiary/aromatic N) is 2. The number of anilines is 1. The molecule has 0 amide bonds. The molecule has 0 aromatic carbocycles. The Morgan fingerprint density at radius 1 is 1.73 bits per heavy atom. The second kappa shape index (κ2) is 3.17. The monoisotopic (exact) mass is 225 g/mol. The number of halogens is 3. The van der Waals surface area contributed by atoms with Crippen LogP contribution in [0.4, 0.5) is 14.6 Å². The van der Waals surface area contributed by atoms with Crippen LogP contribution in [0.1, 0.15) is 0 Å². The molecule has 0 aliphatic heterocycles. The lowest BCUT2D eigenvalue weighted by atomic mass is 10.6. The fourth-order valence-corrected chi connectivity index (χ4v) is 0.963. The van der Waals surface area contributed by atoms with Crippen molar-refractivity contribution < 1.29 is 8.78 Å². The van der Waals surface area contributed by atoms with Gasteiger partial charge >= 0.3 is 0 Å².